The van der Waals surface area contributed by atoms with Crippen molar-refractivity contribution in [3.63, 3.8) is 0 Å². The second kappa shape index (κ2) is 7.78. The molecule has 0 amide bonds. The number of halogens is 2. The number of thioether (sulfide) groups is 1. The molecule has 0 aliphatic carbocycles. The summed E-state index contributed by atoms with van der Waals surface area (Å²) >= 11 is 13.9. The van der Waals surface area contributed by atoms with Gasteiger partial charge in [0.15, 0.2) is 0 Å². The van der Waals surface area contributed by atoms with Crippen LogP contribution in [0, 0.1) is 0 Å². The van der Waals surface area contributed by atoms with Crippen molar-refractivity contribution >= 4 is 40.8 Å². The third-order valence-corrected chi connectivity index (χ3v) is 4.02. The monoisotopic (exact) mass is 342 g/mol. The van der Waals surface area contributed by atoms with Crippen LogP contribution in [0.5, 0.6) is 11.6 Å². The lowest BCUT2D eigenvalue weighted by Gasteiger charge is -2.11. The fraction of sp³-hybridized carbons (Fsp3) is 0.267. The molecule has 0 saturated carbocycles. The van der Waals surface area contributed by atoms with Gasteiger partial charge in [-0.15, -0.1) is 11.8 Å². The number of pyridine rings is 1. The number of ether oxygens (including phenoxy) is 1. The summed E-state index contributed by atoms with van der Waals surface area (Å²) in [4.78, 5) is 5.51. The highest BCUT2D eigenvalue weighted by atomic mass is 35.5. The molecule has 1 aromatic heterocycles. The van der Waals surface area contributed by atoms with E-state index in [1.165, 1.54) is 4.90 Å². The summed E-state index contributed by atoms with van der Waals surface area (Å²) in [6.45, 7) is 2.86. The molecule has 21 heavy (non-hydrogen) atoms. The van der Waals surface area contributed by atoms with E-state index in [4.69, 9.17) is 27.9 Å². The van der Waals surface area contributed by atoms with Crippen molar-refractivity contribution in [3.05, 3.63) is 40.4 Å². The topological polar surface area (TPSA) is 34.2 Å². The van der Waals surface area contributed by atoms with E-state index in [2.05, 4.69) is 17.2 Å². The van der Waals surface area contributed by atoms with Crippen LogP contribution in [-0.2, 0) is 0 Å². The van der Waals surface area contributed by atoms with Crippen LogP contribution in [0.15, 0.2) is 35.2 Å². The molecule has 1 N–H and O–H groups in total. The van der Waals surface area contributed by atoms with Crippen molar-refractivity contribution in [3.8, 4) is 11.6 Å². The maximum absolute atomic E-state index is 6.14. The lowest BCUT2D eigenvalue weighted by Crippen LogP contribution is -2.03. The molecule has 0 fully saturated rings. The van der Waals surface area contributed by atoms with E-state index in [1.807, 2.05) is 30.5 Å². The van der Waals surface area contributed by atoms with Crippen LogP contribution < -0.4 is 10.1 Å². The molecular weight excluding hydrogens is 327 g/mol. The standard InChI is InChI=1S/C15H16Cl2N2OS/c1-3-8-18-14-12(16)9-13(17)15(19-14)20-10-4-6-11(21-2)7-5-10/h4-7,9H,3,8H2,1-2H3,(H,18,19). The van der Waals surface area contributed by atoms with E-state index in [9.17, 15) is 0 Å². The molecule has 2 aromatic rings. The number of hydrogen-bond acceptors (Lipinski definition) is 4. The molecule has 1 heterocycles. The van der Waals surface area contributed by atoms with Gasteiger partial charge in [-0.3, -0.25) is 0 Å². The highest BCUT2D eigenvalue weighted by Crippen LogP contribution is 2.33. The molecule has 1 aromatic carbocycles. The van der Waals surface area contributed by atoms with Gasteiger partial charge in [0.05, 0.1) is 5.02 Å². The van der Waals surface area contributed by atoms with E-state index in [-0.39, 0.29) is 0 Å². The lowest BCUT2D eigenvalue weighted by atomic mass is 10.3. The third-order valence-electron chi connectivity index (χ3n) is 2.71. The molecule has 6 heteroatoms. The van der Waals surface area contributed by atoms with Crippen LogP contribution in [-0.4, -0.2) is 17.8 Å². The average Bonchev–Trinajstić information content (AvgIpc) is 2.49. The van der Waals surface area contributed by atoms with Crippen molar-refractivity contribution < 1.29 is 4.74 Å². The SMILES string of the molecule is CCCNc1nc(Oc2ccc(SC)cc2)c(Cl)cc1Cl. The summed E-state index contributed by atoms with van der Waals surface area (Å²) in [7, 11) is 0. The Kier molecular flexibility index (Phi) is 6.03. The fourth-order valence-electron chi connectivity index (χ4n) is 1.64. The van der Waals surface area contributed by atoms with Gasteiger partial charge in [0.25, 0.3) is 0 Å². The number of nitrogens with one attached hydrogen (secondary N) is 1. The normalized spacial score (nSPS) is 10.5. The summed E-state index contributed by atoms with van der Waals surface area (Å²) in [5.74, 6) is 1.61. The van der Waals surface area contributed by atoms with E-state index in [0.29, 0.717) is 27.5 Å². The van der Waals surface area contributed by atoms with Crippen molar-refractivity contribution in [2.24, 2.45) is 0 Å². The van der Waals surface area contributed by atoms with Gasteiger partial charge in [-0.25, -0.2) is 0 Å². The van der Waals surface area contributed by atoms with Gasteiger partial charge in [-0.1, -0.05) is 30.1 Å². The summed E-state index contributed by atoms with van der Waals surface area (Å²) < 4.78 is 5.73. The van der Waals surface area contributed by atoms with Crippen molar-refractivity contribution in [1.29, 1.82) is 0 Å². The smallest absolute Gasteiger partial charge is 0.240 e. The highest BCUT2D eigenvalue weighted by Gasteiger charge is 2.11. The van der Waals surface area contributed by atoms with Gasteiger partial charge in [0.1, 0.15) is 16.6 Å². The van der Waals surface area contributed by atoms with Gasteiger partial charge in [-0.05, 0) is 43.0 Å². The minimum absolute atomic E-state index is 0.344. The van der Waals surface area contributed by atoms with Gasteiger partial charge in [0.2, 0.25) is 5.88 Å². The van der Waals surface area contributed by atoms with Crippen LogP contribution in [0.1, 0.15) is 13.3 Å². The molecule has 3 nitrogen and oxygen atoms in total. The predicted octanol–water partition coefficient (Wildman–Crippen LogP) is 5.72. The molecule has 0 unspecified atom stereocenters. The first-order valence-electron chi connectivity index (χ1n) is 6.56. The zero-order valence-corrected chi connectivity index (χ0v) is 14.1. The Balaban J connectivity index is 2.21. The first kappa shape index (κ1) is 16.3. The molecule has 0 radical (unpaired) electrons. The molecular formula is C15H16Cl2N2OS. The highest BCUT2D eigenvalue weighted by molar-refractivity contribution is 7.98. The van der Waals surface area contributed by atoms with Crippen molar-refractivity contribution in [2.75, 3.05) is 18.1 Å². The second-order valence-corrected chi connectivity index (χ2v) is 6.00. The number of anilines is 1. The van der Waals surface area contributed by atoms with Gasteiger partial charge in [0, 0.05) is 11.4 Å². The number of nitrogens with zero attached hydrogens (tertiary/aromatic N) is 1. The number of hydrogen-bond donors (Lipinski definition) is 1. The van der Waals surface area contributed by atoms with E-state index in [0.717, 1.165) is 13.0 Å². The van der Waals surface area contributed by atoms with Crippen LogP contribution in [0.3, 0.4) is 0 Å². The quantitative estimate of drug-likeness (QED) is 0.680. The third kappa shape index (κ3) is 4.43. The first-order chi connectivity index (χ1) is 10.1. The lowest BCUT2D eigenvalue weighted by molar-refractivity contribution is 0.463. The number of rotatable bonds is 6. The average molecular weight is 343 g/mol. The maximum atomic E-state index is 6.14. The molecule has 0 spiro atoms. The van der Waals surface area contributed by atoms with E-state index in [1.54, 1.807) is 17.8 Å². The van der Waals surface area contributed by atoms with Gasteiger partial charge < -0.3 is 10.1 Å². The Labute approximate surface area is 139 Å². The number of aromatic nitrogens is 1. The molecule has 0 aliphatic rings. The summed E-state index contributed by atoms with van der Waals surface area (Å²) in [6.07, 6.45) is 3.01. The predicted molar refractivity (Wildman–Crippen MR) is 91.3 cm³/mol. The largest absolute Gasteiger partial charge is 0.437 e. The zero-order chi connectivity index (χ0) is 15.2. The molecule has 0 saturated heterocycles. The minimum atomic E-state index is 0.344. The van der Waals surface area contributed by atoms with E-state index >= 15 is 0 Å². The zero-order valence-electron chi connectivity index (χ0n) is 11.8. The Morgan fingerprint density at radius 3 is 2.52 bits per heavy atom. The van der Waals surface area contributed by atoms with Crippen LogP contribution in [0.2, 0.25) is 10.0 Å². The van der Waals surface area contributed by atoms with Crippen LogP contribution in [0.4, 0.5) is 5.82 Å². The Hall–Kier alpha value is -1.10. The van der Waals surface area contributed by atoms with Crippen LogP contribution >= 0.6 is 35.0 Å². The molecule has 2 rings (SSSR count). The number of benzene rings is 1. The van der Waals surface area contributed by atoms with Gasteiger partial charge >= 0.3 is 0 Å². The summed E-state index contributed by atoms with van der Waals surface area (Å²) in [6, 6.07) is 9.38. The molecule has 112 valence electrons. The molecule has 0 atom stereocenters. The van der Waals surface area contributed by atoms with Crippen molar-refractivity contribution in [1.82, 2.24) is 4.98 Å². The van der Waals surface area contributed by atoms with Crippen LogP contribution in [0.25, 0.3) is 0 Å². The summed E-state index contributed by atoms with van der Waals surface area (Å²) in [5.41, 5.74) is 0. The first-order valence-corrected chi connectivity index (χ1v) is 8.54. The Bertz CT molecular complexity index is 605. The molecule has 0 aliphatic heterocycles. The summed E-state index contributed by atoms with van der Waals surface area (Å²) in [5, 5.41) is 4.02. The molecule has 0 bridgehead atoms. The Morgan fingerprint density at radius 2 is 1.90 bits per heavy atom. The Morgan fingerprint density at radius 1 is 1.19 bits per heavy atom. The van der Waals surface area contributed by atoms with E-state index < -0.39 is 0 Å². The fourth-order valence-corrected chi connectivity index (χ4v) is 2.52. The maximum Gasteiger partial charge on any atom is 0.240 e. The minimum Gasteiger partial charge on any atom is -0.437 e. The van der Waals surface area contributed by atoms with Crippen molar-refractivity contribution in [2.45, 2.75) is 18.2 Å². The second-order valence-electron chi connectivity index (χ2n) is 4.31. The van der Waals surface area contributed by atoms with Gasteiger partial charge in [-0.2, -0.15) is 4.98 Å².